The summed E-state index contributed by atoms with van der Waals surface area (Å²) in [4.78, 5) is 13.5. The van der Waals surface area contributed by atoms with Crippen LogP contribution in [0.4, 0.5) is 0 Å². The monoisotopic (exact) mass is 297 g/mol. The van der Waals surface area contributed by atoms with Crippen LogP contribution in [0.25, 0.3) is 0 Å². The Morgan fingerprint density at radius 1 is 0.850 bits per heavy atom. The van der Waals surface area contributed by atoms with Crippen molar-refractivity contribution < 1.29 is 0 Å². The van der Waals surface area contributed by atoms with E-state index in [1.54, 1.807) is 11.8 Å². The van der Waals surface area contributed by atoms with Crippen molar-refractivity contribution in [2.45, 2.75) is 57.8 Å². The number of hydrogen-bond acceptors (Lipinski definition) is 6. The lowest BCUT2D eigenvalue weighted by atomic mass is 10.3. The van der Waals surface area contributed by atoms with Crippen molar-refractivity contribution in [2.75, 3.05) is 19.3 Å². The molecule has 6 heteroatoms. The van der Waals surface area contributed by atoms with Gasteiger partial charge in [0, 0.05) is 38.0 Å². The zero-order valence-electron chi connectivity index (χ0n) is 13.2. The molecule has 0 spiro atoms. The van der Waals surface area contributed by atoms with E-state index >= 15 is 0 Å². The minimum Gasteiger partial charge on any atom is -0.314 e. The summed E-state index contributed by atoms with van der Waals surface area (Å²) >= 11 is 1.57. The number of aromatic nitrogens is 3. The molecule has 114 valence electrons. The van der Waals surface area contributed by atoms with Gasteiger partial charge in [-0.15, -0.1) is 0 Å². The van der Waals surface area contributed by atoms with E-state index in [1.165, 1.54) is 0 Å². The maximum absolute atomic E-state index is 4.56. The van der Waals surface area contributed by atoms with Crippen molar-refractivity contribution in [2.24, 2.45) is 0 Å². The summed E-state index contributed by atoms with van der Waals surface area (Å²) in [6.07, 6.45) is 3.69. The van der Waals surface area contributed by atoms with Gasteiger partial charge in [-0.25, -0.2) is 15.0 Å². The second-order valence-electron chi connectivity index (χ2n) is 5.37. The van der Waals surface area contributed by atoms with Crippen molar-refractivity contribution >= 4 is 11.8 Å². The summed E-state index contributed by atoms with van der Waals surface area (Å²) in [6.45, 7) is 10.4. The van der Waals surface area contributed by atoms with Crippen LogP contribution in [0.5, 0.6) is 0 Å². The SMILES string of the molecule is CSc1nc(CCNC(C)C)nc(CCNC(C)C)n1. The van der Waals surface area contributed by atoms with Gasteiger partial charge in [-0.3, -0.25) is 0 Å². The van der Waals surface area contributed by atoms with Crippen molar-refractivity contribution in [1.29, 1.82) is 0 Å². The van der Waals surface area contributed by atoms with Gasteiger partial charge in [-0.2, -0.15) is 0 Å². The van der Waals surface area contributed by atoms with Crippen molar-refractivity contribution in [3.63, 3.8) is 0 Å². The van der Waals surface area contributed by atoms with Crippen LogP contribution in [-0.4, -0.2) is 46.4 Å². The van der Waals surface area contributed by atoms with Crippen LogP contribution in [0.1, 0.15) is 39.3 Å². The zero-order valence-corrected chi connectivity index (χ0v) is 14.0. The third kappa shape index (κ3) is 7.17. The number of nitrogens with one attached hydrogen (secondary N) is 2. The first-order valence-corrected chi connectivity index (χ1v) is 8.48. The normalized spacial score (nSPS) is 11.6. The fourth-order valence-corrected chi connectivity index (χ4v) is 2.10. The minimum absolute atomic E-state index is 0.492. The molecule has 0 saturated heterocycles. The predicted molar refractivity (Wildman–Crippen MR) is 85.3 cm³/mol. The molecule has 1 aromatic heterocycles. The largest absolute Gasteiger partial charge is 0.314 e. The van der Waals surface area contributed by atoms with Crippen LogP contribution in [0, 0.1) is 0 Å². The number of rotatable bonds is 9. The highest BCUT2D eigenvalue weighted by molar-refractivity contribution is 7.98. The highest BCUT2D eigenvalue weighted by Crippen LogP contribution is 2.09. The Kier molecular flexibility index (Phi) is 8.02. The smallest absolute Gasteiger partial charge is 0.190 e. The van der Waals surface area contributed by atoms with Gasteiger partial charge < -0.3 is 10.6 Å². The van der Waals surface area contributed by atoms with E-state index in [0.717, 1.165) is 42.7 Å². The molecular weight excluding hydrogens is 270 g/mol. The fourth-order valence-electron chi connectivity index (χ4n) is 1.70. The van der Waals surface area contributed by atoms with E-state index in [4.69, 9.17) is 0 Å². The molecule has 0 atom stereocenters. The van der Waals surface area contributed by atoms with Crippen LogP contribution in [0.15, 0.2) is 5.16 Å². The highest BCUT2D eigenvalue weighted by atomic mass is 32.2. The molecule has 0 amide bonds. The molecule has 0 unspecified atom stereocenters. The minimum atomic E-state index is 0.492. The molecule has 0 aromatic carbocycles. The summed E-state index contributed by atoms with van der Waals surface area (Å²) in [7, 11) is 0. The quantitative estimate of drug-likeness (QED) is 0.676. The number of nitrogens with zero attached hydrogens (tertiary/aromatic N) is 3. The lowest BCUT2D eigenvalue weighted by molar-refractivity contribution is 0.566. The Bertz CT molecular complexity index is 363. The average Bonchev–Trinajstić information content (AvgIpc) is 2.37. The van der Waals surface area contributed by atoms with Gasteiger partial charge in [0.1, 0.15) is 11.6 Å². The van der Waals surface area contributed by atoms with Crippen molar-refractivity contribution in [3.8, 4) is 0 Å². The molecule has 5 nitrogen and oxygen atoms in total. The van der Waals surface area contributed by atoms with Gasteiger partial charge in [-0.1, -0.05) is 39.5 Å². The lowest BCUT2D eigenvalue weighted by Crippen LogP contribution is -2.27. The summed E-state index contributed by atoms with van der Waals surface area (Å²) < 4.78 is 0. The van der Waals surface area contributed by atoms with E-state index in [0.29, 0.717) is 12.1 Å². The maximum atomic E-state index is 4.56. The molecule has 1 rings (SSSR count). The van der Waals surface area contributed by atoms with Crippen LogP contribution in [0.2, 0.25) is 0 Å². The van der Waals surface area contributed by atoms with Crippen molar-refractivity contribution in [3.05, 3.63) is 11.6 Å². The van der Waals surface area contributed by atoms with E-state index in [9.17, 15) is 0 Å². The third-order valence-electron chi connectivity index (χ3n) is 2.69. The topological polar surface area (TPSA) is 62.7 Å². The van der Waals surface area contributed by atoms with Crippen LogP contribution in [0.3, 0.4) is 0 Å². The molecule has 1 aromatic rings. The van der Waals surface area contributed by atoms with E-state index in [-0.39, 0.29) is 0 Å². The lowest BCUT2D eigenvalue weighted by Gasteiger charge is -2.10. The van der Waals surface area contributed by atoms with Crippen molar-refractivity contribution in [1.82, 2.24) is 25.6 Å². The molecule has 0 radical (unpaired) electrons. The van der Waals surface area contributed by atoms with E-state index < -0.39 is 0 Å². The summed E-state index contributed by atoms with van der Waals surface area (Å²) in [5, 5.41) is 7.60. The van der Waals surface area contributed by atoms with Gasteiger partial charge in [0.2, 0.25) is 0 Å². The Morgan fingerprint density at radius 3 is 1.65 bits per heavy atom. The first-order valence-electron chi connectivity index (χ1n) is 7.25. The summed E-state index contributed by atoms with van der Waals surface area (Å²) in [6, 6.07) is 0.984. The van der Waals surface area contributed by atoms with Gasteiger partial charge >= 0.3 is 0 Å². The Balaban J connectivity index is 2.60. The molecular formula is C14H27N5S. The Hall–Kier alpha value is -0.720. The molecule has 0 saturated carbocycles. The molecule has 0 aliphatic heterocycles. The molecule has 0 aliphatic carbocycles. The predicted octanol–water partition coefficient (Wildman–Crippen LogP) is 1.67. The fraction of sp³-hybridized carbons (Fsp3) is 0.786. The van der Waals surface area contributed by atoms with Gasteiger partial charge in [0.15, 0.2) is 5.16 Å². The molecule has 0 aliphatic rings. The maximum Gasteiger partial charge on any atom is 0.190 e. The summed E-state index contributed by atoms with van der Waals surface area (Å²) in [5.41, 5.74) is 0. The first kappa shape index (κ1) is 17.3. The number of hydrogen-bond donors (Lipinski definition) is 2. The Morgan fingerprint density at radius 2 is 1.30 bits per heavy atom. The molecule has 0 fully saturated rings. The highest BCUT2D eigenvalue weighted by Gasteiger charge is 2.06. The second-order valence-corrected chi connectivity index (χ2v) is 6.15. The molecule has 2 N–H and O–H groups in total. The van der Waals surface area contributed by atoms with E-state index in [2.05, 4.69) is 53.3 Å². The molecule has 1 heterocycles. The first-order chi connectivity index (χ1) is 9.51. The molecule has 20 heavy (non-hydrogen) atoms. The second kappa shape index (κ2) is 9.26. The summed E-state index contributed by atoms with van der Waals surface area (Å²) in [5.74, 6) is 1.77. The third-order valence-corrected chi connectivity index (χ3v) is 3.24. The molecule has 0 bridgehead atoms. The van der Waals surface area contributed by atoms with Gasteiger partial charge in [-0.05, 0) is 6.26 Å². The standard InChI is InChI=1S/C14H27N5S/c1-10(2)15-8-6-12-17-13(7-9-16-11(3)4)19-14(18-12)20-5/h10-11,15-16H,6-9H2,1-5H3. The Labute approximate surface area is 126 Å². The van der Waals surface area contributed by atoms with Crippen LogP contribution in [-0.2, 0) is 12.8 Å². The van der Waals surface area contributed by atoms with Gasteiger partial charge in [0.05, 0.1) is 0 Å². The average molecular weight is 297 g/mol. The van der Waals surface area contributed by atoms with Crippen LogP contribution >= 0.6 is 11.8 Å². The zero-order chi connectivity index (χ0) is 15.0. The van der Waals surface area contributed by atoms with E-state index in [1.807, 2.05) is 6.26 Å². The van der Waals surface area contributed by atoms with Gasteiger partial charge in [0.25, 0.3) is 0 Å². The number of thioether (sulfide) groups is 1. The van der Waals surface area contributed by atoms with Crippen LogP contribution < -0.4 is 10.6 Å².